The van der Waals surface area contributed by atoms with Crippen LogP contribution < -0.4 is 0 Å². The van der Waals surface area contributed by atoms with Gasteiger partial charge in [0, 0.05) is 6.61 Å². The first kappa shape index (κ1) is 18.0. The van der Waals surface area contributed by atoms with E-state index in [0.717, 1.165) is 6.42 Å². The molecule has 110 valence electrons. The molecule has 0 unspecified atom stereocenters. The fourth-order valence-corrected chi connectivity index (χ4v) is 2.97. The van der Waals surface area contributed by atoms with Crippen LogP contribution in [-0.2, 0) is 0 Å². The normalized spacial score (nSPS) is 12.0. The van der Waals surface area contributed by atoms with Crippen LogP contribution in [0.2, 0.25) is 0 Å². The molecule has 0 aromatic rings. The molecule has 1 nitrogen and oxygen atoms in total. The predicted molar refractivity (Wildman–Crippen MR) is 81.9 cm³/mol. The molecule has 0 bridgehead atoms. The molecule has 1 heteroatoms. The van der Waals surface area contributed by atoms with Crippen LogP contribution in [0, 0.1) is 5.41 Å². The number of rotatable bonds is 13. The Labute approximate surface area is 115 Å². The van der Waals surface area contributed by atoms with E-state index in [1.807, 2.05) is 0 Å². The first-order chi connectivity index (χ1) is 8.74. The van der Waals surface area contributed by atoms with Gasteiger partial charge < -0.3 is 5.11 Å². The molecule has 0 atom stereocenters. The maximum absolute atomic E-state index is 8.91. The minimum atomic E-state index is 0.362. The van der Waals surface area contributed by atoms with E-state index in [4.69, 9.17) is 5.11 Å². The first-order valence-electron chi connectivity index (χ1n) is 8.35. The second-order valence-electron chi connectivity index (χ2n) is 5.91. The lowest BCUT2D eigenvalue weighted by Gasteiger charge is -2.32. The van der Waals surface area contributed by atoms with Crippen LogP contribution in [0.25, 0.3) is 0 Å². The third-order valence-electron chi connectivity index (χ3n) is 4.68. The van der Waals surface area contributed by atoms with Gasteiger partial charge >= 0.3 is 0 Å². The van der Waals surface area contributed by atoms with E-state index in [1.54, 1.807) is 0 Å². The molecule has 0 spiro atoms. The second-order valence-corrected chi connectivity index (χ2v) is 5.91. The molecule has 0 radical (unpaired) electrons. The van der Waals surface area contributed by atoms with Crippen molar-refractivity contribution < 1.29 is 5.11 Å². The third kappa shape index (κ3) is 8.13. The summed E-state index contributed by atoms with van der Waals surface area (Å²) in [6, 6.07) is 0. The van der Waals surface area contributed by atoms with Gasteiger partial charge in [-0.25, -0.2) is 0 Å². The number of aliphatic hydroxyl groups is 1. The third-order valence-corrected chi connectivity index (χ3v) is 4.68. The van der Waals surface area contributed by atoms with Crippen molar-refractivity contribution in [2.45, 2.75) is 97.8 Å². The standard InChI is InChI=1S/C17H36O/c1-4-7-8-9-10-11-14-17(5-2,6-3)15-12-13-16-18/h18H,4-16H2,1-3H3. The highest BCUT2D eigenvalue weighted by Gasteiger charge is 2.24. The van der Waals surface area contributed by atoms with E-state index in [1.165, 1.54) is 70.6 Å². The van der Waals surface area contributed by atoms with Crippen LogP contribution >= 0.6 is 0 Å². The molecule has 0 amide bonds. The van der Waals surface area contributed by atoms with Gasteiger partial charge in [-0.15, -0.1) is 0 Å². The van der Waals surface area contributed by atoms with E-state index in [-0.39, 0.29) is 0 Å². The van der Waals surface area contributed by atoms with E-state index < -0.39 is 0 Å². The molecule has 0 aliphatic carbocycles. The number of hydrogen-bond acceptors (Lipinski definition) is 1. The fraction of sp³-hybridized carbons (Fsp3) is 1.00. The lowest BCUT2D eigenvalue weighted by molar-refractivity contribution is 0.192. The highest BCUT2D eigenvalue weighted by atomic mass is 16.2. The van der Waals surface area contributed by atoms with Crippen molar-refractivity contribution >= 4 is 0 Å². The minimum Gasteiger partial charge on any atom is -0.396 e. The van der Waals surface area contributed by atoms with Crippen molar-refractivity contribution in [3.63, 3.8) is 0 Å². The van der Waals surface area contributed by atoms with Gasteiger partial charge in [-0.05, 0) is 24.7 Å². The zero-order chi connectivity index (χ0) is 13.7. The summed E-state index contributed by atoms with van der Waals surface area (Å²) in [5.74, 6) is 0. The monoisotopic (exact) mass is 256 g/mol. The molecule has 0 fully saturated rings. The SMILES string of the molecule is CCCCCCCCC(CC)(CC)CCCCO. The summed E-state index contributed by atoms with van der Waals surface area (Å²) in [7, 11) is 0. The number of aliphatic hydroxyl groups excluding tert-OH is 1. The van der Waals surface area contributed by atoms with Crippen LogP contribution in [-0.4, -0.2) is 11.7 Å². The molecular weight excluding hydrogens is 220 g/mol. The van der Waals surface area contributed by atoms with Gasteiger partial charge in [-0.1, -0.05) is 78.6 Å². The highest BCUT2D eigenvalue weighted by molar-refractivity contribution is 4.76. The Morgan fingerprint density at radius 1 is 0.667 bits per heavy atom. The molecule has 0 heterocycles. The van der Waals surface area contributed by atoms with E-state index >= 15 is 0 Å². The smallest absolute Gasteiger partial charge is 0.0431 e. The maximum Gasteiger partial charge on any atom is 0.0431 e. The van der Waals surface area contributed by atoms with E-state index in [9.17, 15) is 0 Å². The van der Waals surface area contributed by atoms with Crippen molar-refractivity contribution in [1.82, 2.24) is 0 Å². The van der Waals surface area contributed by atoms with E-state index in [0.29, 0.717) is 12.0 Å². The quantitative estimate of drug-likeness (QED) is 0.419. The minimum absolute atomic E-state index is 0.362. The van der Waals surface area contributed by atoms with Crippen LogP contribution in [0.4, 0.5) is 0 Å². The Kier molecular flexibility index (Phi) is 12.0. The van der Waals surface area contributed by atoms with Crippen molar-refractivity contribution in [3.8, 4) is 0 Å². The largest absolute Gasteiger partial charge is 0.396 e. The summed E-state index contributed by atoms with van der Waals surface area (Å²) in [6.45, 7) is 7.33. The van der Waals surface area contributed by atoms with Crippen LogP contribution in [0.1, 0.15) is 97.8 Å². The van der Waals surface area contributed by atoms with Crippen LogP contribution in [0.5, 0.6) is 0 Å². The van der Waals surface area contributed by atoms with E-state index in [2.05, 4.69) is 20.8 Å². The lowest BCUT2D eigenvalue weighted by atomic mass is 9.74. The first-order valence-corrected chi connectivity index (χ1v) is 8.35. The Hall–Kier alpha value is -0.0400. The van der Waals surface area contributed by atoms with Crippen molar-refractivity contribution in [1.29, 1.82) is 0 Å². The predicted octanol–water partition coefficient (Wildman–Crippen LogP) is 5.71. The van der Waals surface area contributed by atoms with Gasteiger partial charge in [0.05, 0.1) is 0 Å². The molecule has 0 saturated carbocycles. The Morgan fingerprint density at radius 2 is 1.17 bits per heavy atom. The van der Waals surface area contributed by atoms with Crippen molar-refractivity contribution in [2.75, 3.05) is 6.61 Å². The molecule has 0 aromatic carbocycles. The summed E-state index contributed by atoms with van der Waals surface area (Å²) in [6.07, 6.45) is 15.9. The molecule has 0 rings (SSSR count). The average Bonchev–Trinajstić information content (AvgIpc) is 2.41. The molecule has 0 saturated heterocycles. The average molecular weight is 256 g/mol. The summed E-state index contributed by atoms with van der Waals surface area (Å²) < 4.78 is 0. The number of hydrogen-bond donors (Lipinski definition) is 1. The van der Waals surface area contributed by atoms with Gasteiger partial charge in [0.15, 0.2) is 0 Å². The van der Waals surface area contributed by atoms with Crippen molar-refractivity contribution in [3.05, 3.63) is 0 Å². The summed E-state index contributed by atoms with van der Waals surface area (Å²) in [4.78, 5) is 0. The highest BCUT2D eigenvalue weighted by Crippen LogP contribution is 2.38. The van der Waals surface area contributed by atoms with Crippen molar-refractivity contribution in [2.24, 2.45) is 5.41 Å². The summed E-state index contributed by atoms with van der Waals surface area (Å²) in [5, 5.41) is 8.91. The topological polar surface area (TPSA) is 20.2 Å². The fourth-order valence-electron chi connectivity index (χ4n) is 2.97. The Morgan fingerprint density at radius 3 is 1.67 bits per heavy atom. The molecule has 1 N–H and O–H groups in total. The molecule has 18 heavy (non-hydrogen) atoms. The number of unbranched alkanes of at least 4 members (excludes halogenated alkanes) is 6. The summed E-state index contributed by atoms with van der Waals surface area (Å²) >= 11 is 0. The summed E-state index contributed by atoms with van der Waals surface area (Å²) in [5.41, 5.74) is 0.569. The Balaban J connectivity index is 3.79. The van der Waals surface area contributed by atoms with Gasteiger partial charge in [0.2, 0.25) is 0 Å². The lowest BCUT2D eigenvalue weighted by Crippen LogP contribution is -2.19. The van der Waals surface area contributed by atoms with Gasteiger partial charge in [-0.2, -0.15) is 0 Å². The van der Waals surface area contributed by atoms with Gasteiger partial charge in [-0.3, -0.25) is 0 Å². The van der Waals surface area contributed by atoms with Gasteiger partial charge in [0.25, 0.3) is 0 Å². The maximum atomic E-state index is 8.91. The Bertz CT molecular complexity index is 161. The molecule has 0 aliphatic heterocycles. The second kappa shape index (κ2) is 12.0. The van der Waals surface area contributed by atoms with Crippen LogP contribution in [0.15, 0.2) is 0 Å². The van der Waals surface area contributed by atoms with Crippen LogP contribution in [0.3, 0.4) is 0 Å². The molecule has 0 aromatic heterocycles. The zero-order valence-corrected chi connectivity index (χ0v) is 13.1. The molecular formula is C17H36O. The van der Waals surface area contributed by atoms with Gasteiger partial charge in [0.1, 0.15) is 0 Å². The molecule has 0 aliphatic rings. The zero-order valence-electron chi connectivity index (χ0n) is 13.1.